The van der Waals surface area contributed by atoms with Crippen LogP contribution in [0.2, 0.25) is 0 Å². The summed E-state index contributed by atoms with van der Waals surface area (Å²) < 4.78 is 5.28. The largest absolute Gasteiger partial charge is 0.497 e. The molecule has 1 aliphatic rings. The summed E-state index contributed by atoms with van der Waals surface area (Å²) in [7, 11) is 4.02. The molecule has 0 spiro atoms. The Balaban J connectivity index is 1.79. The van der Waals surface area contributed by atoms with E-state index in [2.05, 4.69) is 69.4 Å². The normalized spacial score (nSPS) is 27.2. The third-order valence-electron chi connectivity index (χ3n) is 7.30. The van der Waals surface area contributed by atoms with Crippen molar-refractivity contribution in [1.29, 1.82) is 5.26 Å². The zero-order valence-corrected chi connectivity index (χ0v) is 18.9. The summed E-state index contributed by atoms with van der Waals surface area (Å²) >= 11 is 0. The summed E-state index contributed by atoms with van der Waals surface area (Å²) in [4.78, 5) is 2.97. The molecule has 0 aliphatic carbocycles. The lowest BCUT2D eigenvalue weighted by molar-refractivity contribution is -0.918. The van der Waals surface area contributed by atoms with Gasteiger partial charge >= 0.3 is 0 Å². The van der Waals surface area contributed by atoms with Gasteiger partial charge in [-0.15, -0.1) is 0 Å². The van der Waals surface area contributed by atoms with Crippen molar-refractivity contribution in [1.82, 2.24) is 0 Å². The molecule has 1 fully saturated rings. The fourth-order valence-corrected chi connectivity index (χ4v) is 5.25. The lowest BCUT2D eigenvalue weighted by Crippen LogP contribution is -3.15. The molecule has 2 aromatic rings. The standard InChI is InChI=1S/C26H35N3O/c1-21-19-28(3)22(2)18-26(21,24-8-6-5-7-9-24)14-16-29(17-15-27)20-23-10-12-25(30-4)13-11-23/h5-13,21-22H,14,16-20H2,1-4H3/p+2/t21-,22-,26-/m1/s1. The third-order valence-corrected chi connectivity index (χ3v) is 7.30. The van der Waals surface area contributed by atoms with Gasteiger partial charge in [-0.3, -0.25) is 0 Å². The average molecular weight is 408 g/mol. The smallest absolute Gasteiger partial charge is 0.165 e. The first-order valence-corrected chi connectivity index (χ1v) is 11.2. The van der Waals surface area contributed by atoms with E-state index in [1.165, 1.54) is 29.0 Å². The van der Waals surface area contributed by atoms with Crippen LogP contribution < -0.4 is 14.5 Å². The predicted molar refractivity (Wildman–Crippen MR) is 121 cm³/mol. The first-order valence-electron chi connectivity index (χ1n) is 11.2. The highest BCUT2D eigenvalue weighted by Crippen LogP contribution is 2.40. The number of rotatable bonds is 8. The van der Waals surface area contributed by atoms with Crippen LogP contribution in [0.25, 0.3) is 0 Å². The topological polar surface area (TPSA) is 41.9 Å². The number of nitriles is 1. The molecule has 5 atom stereocenters. The number of nitrogens with zero attached hydrogens (tertiary/aromatic N) is 1. The summed E-state index contributed by atoms with van der Waals surface area (Å²) in [6.45, 7) is 8.42. The van der Waals surface area contributed by atoms with Crippen LogP contribution in [0.3, 0.4) is 0 Å². The number of likely N-dealkylation sites (tertiary alicyclic amines) is 1. The summed E-state index contributed by atoms with van der Waals surface area (Å²) in [6, 6.07) is 22.4. The molecule has 1 heterocycles. The molecule has 160 valence electrons. The molecule has 3 rings (SSSR count). The van der Waals surface area contributed by atoms with Gasteiger partial charge < -0.3 is 14.5 Å². The highest BCUT2D eigenvalue weighted by atomic mass is 16.5. The number of quaternary nitrogens is 2. The van der Waals surface area contributed by atoms with Gasteiger partial charge in [0.05, 0.1) is 33.3 Å². The quantitative estimate of drug-likeness (QED) is 0.656. The molecule has 4 heteroatoms. The first-order chi connectivity index (χ1) is 14.5. The van der Waals surface area contributed by atoms with Crippen LogP contribution in [-0.4, -0.2) is 39.8 Å². The third kappa shape index (κ3) is 5.03. The van der Waals surface area contributed by atoms with Gasteiger partial charge in [0, 0.05) is 29.7 Å². The second-order valence-corrected chi connectivity index (χ2v) is 9.19. The second kappa shape index (κ2) is 10.1. The van der Waals surface area contributed by atoms with Gasteiger partial charge in [0.25, 0.3) is 0 Å². The molecular formula is C26H37N3O+2. The minimum atomic E-state index is 0.181. The molecule has 0 radical (unpaired) electrons. The van der Waals surface area contributed by atoms with E-state index in [-0.39, 0.29) is 5.41 Å². The molecule has 2 unspecified atom stereocenters. The Morgan fingerprint density at radius 3 is 2.47 bits per heavy atom. The Labute approximate surface area is 182 Å². The van der Waals surface area contributed by atoms with Crippen LogP contribution in [0.5, 0.6) is 5.75 Å². The lowest BCUT2D eigenvalue weighted by Gasteiger charge is -2.47. The van der Waals surface area contributed by atoms with Crippen LogP contribution in [0.1, 0.15) is 37.8 Å². The zero-order chi connectivity index (χ0) is 21.6. The van der Waals surface area contributed by atoms with E-state index in [0.29, 0.717) is 18.5 Å². The highest BCUT2D eigenvalue weighted by Gasteiger charge is 2.46. The van der Waals surface area contributed by atoms with E-state index < -0.39 is 0 Å². The zero-order valence-electron chi connectivity index (χ0n) is 18.9. The maximum Gasteiger partial charge on any atom is 0.165 e. The summed E-state index contributed by atoms with van der Waals surface area (Å²) in [5.41, 5.74) is 2.91. The second-order valence-electron chi connectivity index (χ2n) is 9.19. The van der Waals surface area contributed by atoms with E-state index in [0.717, 1.165) is 25.3 Å². The van der Waals surface area contributed by atoms with Crippen molar-refractivity contribution in [2.75, 3.05) is 33.8 Å². The monoisotopic (exact) mass is 407 g/mol. The van der Waals surface area contributed by atoms with Gasteiger partial charge in [-0.05, 0) is 36.8 Å². The van der Waals surface area contributed by atoms with Crippen LogP contribution in [0, 0.1) is 17.2 Å². The summed E-state index contributed by atoms with van der Waals surface area (Å²) in [6.07, 6.45) is 2.31. The van der Waals surface area contributed by atoms with Gasteiger partial charge in [-0.25, -0.2) is 0 Å². The molecule has 4 nitrogen and oxygen atoms in total. The minimum Gasteiger partial charge on any atom is -0.497 e. The Bertz CT molecular complexity index is 830. The van der Waals surface area contributed by atoms with Gasteiger partial charge in [-0.1, -0.05) is 37.3 Å². The van der Waals surface area contributed by atoms with E-state index in [1.807, 2.05) is 12.1 Å². The number of piperidine rings is 1. The van der Waals surface area contributed by atoms with E-state index in [1.54, 1.807) is 12.0 Å². The van der Waals surface area contributed by atoms with Crippen LogP contribution >= 0.6 is 0 Å². The molecule has 0 bridgehead atoms. The van der Waals surface area contributed by atoms with E-state index in [4.69, 9.17) is 4.74 Å². The van der Waals surface area contributed by atoms with Crippen molar-refractivity contribution >= 4 is 0 Å². The van der Waals surface area contributed by atoms with Crippen LogP contribution in [0.4, 0.5) is 0 Å². The Hall–Kier alpha value is -2.35. The number of hydrogen-bond acceptors (Lipinski definition) is 2. The molecule has 30 heavy (non-hydrogen) atoms. The van der Waals surface area contributed by atoms with Crippen molar-refractivity contribution in [2.45, 2.75) is 44.7 Å². The summed E-state index contributed by atoms with van der Waals surface area (Å²) in [5.74, 6) is 1.49. The fraction of sp³-hybridized carbons (Fsp3) is 0.500. The van der Waals surface area contributed by atoms with Gasteiger partial charge in [0.1, 0.15) is 18.4 Å². The molecule has 2 N–H and O–H groups in total. The molecule has 0 saturated carbocycles. The summed E-state index contributed by atoms with van der Waals surface area (Å²) in [5, 5.41) is 9.45. The maximum atomic E-state index is 9.45. The Kier molecular flexibility index (Phi) is 7.53. The number of ether oxygens (including phenoxy) is 1. The lowest BCUT2D eigenvalue weighted by atomic mass is 9.63. The maximum absolute atomic E-state index is 9.45. The van der Waals surface area contributed by atoms with Gasteiger partial charge in [0.15, 0.2) is 6.54 Å². The van der Waals surface area contributed by atoms with Crippen molar-refractivity contribution < 1.29 is 14.5 Å². The Morgan fingerprint density at radius 2 is 1.83 bits per heavy atom. The van der Waals surface area contributed by atoms with Crippen LogP contribution in [0.15, 0.2) is 54.6 Å². The average Bonchev–Trinajstić information content (AvgIpc) is 2.76. The predicted octanol–water partition coefficient (Wildman–Crippen LogP) is 1.87. The number of methoxy groups -OCH3 is 1. The van der Waals surface area contributed by atoms with E-state index in [9.17, 15) is 5.26 Å². The SMILES string of the molecule is COc1ccc(C[NH+](CC#N)CC[C@@]2(c3ccccc3)C[C@@H](C)[NH+](C)C[C@H]2C)cc1. The van der Waals surface area contributed by atoms with Crippen molar-refractivity contribution in [3.63, 3.8) is 0 Å². The number of hydrogen-bond donors (Lipinski definition) is 2. The molecule has 2 aromatic carbocycles. The molecule has 0 amide bonds. The Morgan fingerprint density at radius 1 is 1.13 bits per heavy atom. The fourth-order valence-electron chi connectivity index (χ4n) is 5.25. The molecule has 1 saturated heterocycles. The van der Waals surface area contributed by atoms with Crippen molar-refractivity contribution in [2.24, 2.45) is 5.92 Å². The van der Waals surface area contributed by atoms with Gasteiger partial charge in [-0.2, -0.15) is 5.26 Å². The number of benzene rings is 2. The molecule has 1 aliphatic heterocycles. The van der Waals surface area contributed by atoms with Crippen molar-refractivity contribution in [3.8, 4) is 11.8 Å². The van der Waals surface area contributed by atoms with Gasteiger partial charge in [0.2, 0.25) is 0 Å². The van der Waals surface area contributed by atoms with Crippen molar-refractivity contribution in [3.05, 3.63) is 65.7 Å². The highest BCUT2D eigenvalue weighted by molar-refractivity contribution is 5.28. The molecule has 0 aromatic heterocycles. The van der Waals surface area contributed by atoms with Crippen LogP contribution in [-0.2, 0) is 12.0 Å². The molecular weight excluding hydrogens is 370 g/mol. The first kappa shape index (κ1) is 22.3. The number of nitrogens with one attached hydrogen (secondary N) is 2. The minimum absolute atomic E-state index is 0.181. The van der Waals surface area contributed by atoms with E-state index >= 15 is 0 Å².